The number of hydrogen-bond acceptors (Lipinski definition) is 3. The van der Waals surface area contributed by atoms with E-state index >= 15 is 0 Å². The number of benzene rings is 2. The van der Waals surface area contributed by atoms with Gasteiger partial charge in [0.1, 0.15) is 11.6 Å². The van der Waals surface area contributed by atoms with E-state index in [2.05, 4.69) is 9.97 Å². The number of aromatic nitrogens is 2. The number of carboxylic acids is 1. The summed E-state index contributed by atoms with van der Waals surface area (Å²) < 4.78 is 0. The summed E-state index contributed by atoms with van der Waals surface area (Å²) in [5.74, 6) is -0.867. The smallest absolute Gasteiger partial charge is 0.329 e. The first-order valence-corrected chi connectivity index (χ1v) is 6.81. The van der Waals surface area contributed by atoms with Crippen molar-refractivity contribution >= 4 is 34.2 Å². The number of nitrogens with zero attached hydrogens (tertiary/aromatic N) is 1. The maximum Gasteiger partial charge on any atom is 0.329 e. The zero-order chi connectivity index (χ0) is 15.7. The molecule has 0 aliphatic heterocycles. The molecule has 0 bridgehead atoms. The number of para-hydroxylation sites is 2. The number of phenolic OH excluding ortho intramolecular Hbond substituents is 1. The molecule has 3 N–H and O–H groups in total. The summed E-state index contributed by atoms with van der Waals surface area (Å²) in [6.45, 7) is 0. The van der Waals surface area contributed by atoms with Gasteiger partial charge in [-0.3, -0.25) is 0 Å². The Morgan fingerprint density at radius 2 is 2.00 bits per heavy atom. The van der Waals surface area contributed by atoms with E-state index in [1.54, 1.807) is 0 Å². The molecule has 0 unspecified atom stereocenters. The number of rotatable bonds is 3. The van der Waals surface area contributed by atoms with Gasteiger partial charge in [0.15, 0.2) is 0 Å². The van der Waals surface area contributed by atoms with Crippen LogP contribution in [0.3, 0.4) is 0 Å². The summed E-state index contributed by atoms with van der Waals surface area (Å²) >= 11 is 5.95. The molecule has 0 spiro atoms. The first-order valence-electron chi connectivity index (χ1n) is 6.43. The van der Waals surface area contributed by atoms with Crippen molar-refractivity contribution in [3.05, 3.63) is 65.0 Å². The van der Waals surface area contributed by atoms with Crippen LogP contribution in [0.2, 0.25) is 5.02 Å². The first kappa shape index (κ1) is 14.2. The molecule has 0 aliphatic carbocycles. The Hall–Kier alpha value is -2.79. The van der Waals surface area contributed by atoms with Crippen molar-refractivity contribution in [3.63, 3.8) is 0 Å². The molecule has 6 heteroatoms. The number of nitrogens with one attached hydrogen (secondary N) is 1. The van der Waals surface area contributed by atoms with Gasteiger partial charge in [-0.2, -0.15) is 0 Å². The fourth-order valence-corrected chi connectivity index (χ4v) is 2.37. The SMILES string of the molecule is O=C(O)/C=C(\c1nc2ccccc2[nH]1)c1cc(Cl)ccc1O. The Morgan fingerprint density at radius 1 is 1.23 bits per heavy atom. The fraction of sp³-hybridized carbons (Fsp3) is 0. The largest absolute Gasteiger partial charge is 0.507 e. The minimum absolute atomic E-state index is 0.0719. The van der Waals surface area contributed by atoms with Gasteiger partial charge in [0.05, 0.1) is 11.0 Å². The van der Waals surface area contributed by atoms with Crippen molar-refractivity contribution in [2.75, 3.05) is 0 Å². The molecule has 0 saturated carbocycles. The Labute approximate surface area is 130 Å². The Kier molecular flexibility index (Phi) is 3.56. The molecule has 0 radical (unpaired) electrons. The van der Waals surface area contributed by atoms with Gasteiger partial charge >= 0.3 is 5.97 Å². The predicted molar refractivity (Wildman–Crippen MR) is 83.9 cm³/mol. The van der Waals surface area contributed by atoms with Crippen LogP contribution in [0.5, 0.6) is 5.75 Å². The summed E-state index contributed by atoms with van der Waals surface area (Å²) in [5.41, 5.74) is 2.03. The van der Waals surface area contributed by atoms with Crippen molar-refractivity contribution in [1.29, 1.82) is 0 Å². The van der Waals surface area contributed by atoms with E-state index in [0.29, 0.717) is 21.9 Å². The topological polar surface area (TPSA) is 86.2 Å². The third-order valence-corrected chi connectivity index (χ3v) is 3.40. The van der Waals surface area contributed by atoms with E-state index in [9.17, 15) is 9.90 Å². The number of phenols is 1. The van der Waals surface area contributed by atoms with Gasteiger partial charge in [0.2, 0.25) is 0 Å². The van der Waals surface area contributed by atoms with Gasteiger partial charge in [0, 0.05) is 22.2 Å². The molecule has 0 saturated heterocycles. The standard InChI is InChI=1S/C16H11ClN2O3/c17-9-5-6-14(20)10(7-9)11(8-15(21)22)16-18-12-3-1-2-4-13(12)19-16/h1-8,20H,(H,18,19)(H,21,22)/b11-8-. The Bertz CT molecular complexity index is 866. The highest BCUT2D eigenvalue weighted by molar-refractivity contribution is 6.30. The van der Waals surface area contributed by atoms with Gasteiger partial charge in [0.25, 0.3) is 0 Å². The minimum atomic E-state index is -1.14. The summed E-state index contributed by atoms with van der Waals surface area (Å²) in [5, 5.41) is 19.5. The predicted octanol–water partition coefficient (Wildman–Crippen LogP) is 3.44. The first-order chi connectivity index (χ1) is 10.5. The van der Waals surface area contributed by atoms with Gasteiger partial charge in [-0.1, -0.05) is 23.7 Å². The molecule has 0 amide bonds. The molecular formula is C16H11ClN2O3. The van der Waals surface area contributed by atoms with Crippen molar-refractivity contribution in [3.8, 4) is 5.75 Å². The average Bonchev–Trinajstić information content (AvgIpc) is 2.91. The minimum Gasteiger partial charge on any atom is -0.507 e. The quantitative estimate of drug-likeness (QED) is 0.646. The summed E-state index contributed by atoms with van der Waals surface area (Å²) in [4.78, 5) is 18.6. The van der Waals surface area contributed by atoms with E-state index in [0.717, 1.165) is 11.6 Å². The zero-order valence-corrected chi connectivity index (χ0v) is 12.0. The number of carbonyl (C=O) groups is 1. The average molecular weight is 315 g/mol. The van der Waals surface area contributed by atoms with Gasteiger partial charge in [-0.25, -0.2) is 9.78 Å². The number of H-pyrrole nitrogens is 1. The highest BCUT2D eigenvalue weighted by Gasteiger charge is 2.16. The van der Waals surface area contributed by atoms with E-state index < -0.39 is 5.97 Å². The summed E-state index contributed by atoms with van der Waals surface area (Å²) in [6, 6.07) is 11.8. The summed E-state index contributed by atoms with van der Waals surface area (Å²) in [7, 11) is 0. The third kappa shape index (κ3) is 2.66. The van der Waals surface area contributed by atoms with Crippen LogP contribution in [0.4, 0.5) is 0 Å². The van der Waals surface area contributed by atoms with Crippen LogP contribution in [0, 0.1) is 0 Å². The van der Waals surface area contributed by atoms with E-state index in [-0.39, 0.29) is 11.3 Å². The number of hydrogen-bond donors (Lipinski definition) is 3. The molecule has 0 fully saturated rings. The van der Waals surface area contributed by atoms with Crippen LogP contribution in [-0.4, -0.2) is 26.2 Å². The number of aromatic hydroxyl groups is 1. The maximum absolute atomic E-state index is 11.1. The fourth-order valence-electron chi connectivity index (χ4n) is 2.20. The lowest BCUT2D eigenvalue weighted by Crippen LogP contribution is -1.97. The molecular weight excluding hydrogens is 304 g/mol. The Balaban J connectivity index is 2.23. The van der Waals surface area contributed by atoms with Gasteiger partial charge < -0.3 is 15.2 Å². The molecule has 5 nitrogen and oxygen atoms in total. The third-order valence-electron chi connectivity index (χ3n) is 3.16. The molecule has 1 aromatic heterocycles. The number of aromatic amines is 1. The highest BCUT2D eigenvalue weighted by Crippen LogP contribution is 2.32. The second kappa shape index (κ2) is 5.54. The number of carboxylic acid groups (broad SMARTS) is 1. The van der Waals surface area contributed by atoms with Crippen molar-refractivity contribution in [2.45, 2.75) is 0 Å². The molecule has 22 heavy (non-hydrogen) atoms. The maximum atomic E-state index is 11.1. The number of aliphatic carboxylic acids is 1. The Morgan fingerprint density at radius 3 is 2.73 bits per heavy atom. The van der Waals surface area contributed by atoms with Gasteiger partial charge in [-0.15, -0.1) is 0 Å². The highest BCUT2D eigenvalue weighted by atomic mass is 35.5. The van der Waals surface area contributed by atoms with E-state index in [1.165, 1.54) is 18.2 Å². The molecule has 2 aromatic carbocycles. The molecule has 0 aliphatic rings. The van der Waals surface area contributed by atoms with Crippen molar-refractivity contribution in [1.82, 2.24) is 9.97 Å². The normalized spacial score (nSPS) is 11.8. The van der Waals surface area contributed by atoms with Crippen LogP contribution in [0.1, 0.15) is 11.4 Å². The lowest BCUT2D eigenvalue weighted by atomic mass is 10.0. The molecule has 3 aromatic rings. The van der Waals surface area contributed by atoms with Crippen molar-refractivity contribution < 1.29 is 15.0 Å². The monoisotopic (exact) mass is 314 g/mol. The zero-order valence-electron chi connectivity index (χ0n) is 11.2. The number of imidazole rings is 1. The van der Waals surface area contributed by atoms with E-state index in [1.807, 2.05) is 24.3 Å². The number of halogens is 1. The lowest BCUT2D eigenvalue weighted by molar-refractivity contribution is -0.131. The molecule has 0 atom stereocenters. The number of fused-ring (bicyclic) bond motifs is 1. The van der Waals surface area contributed by atoms with Crippen LogP contribution in [0.15, 0.2) is 48.5 Å². The van der Waals surface area contributed by atoms with Crippen LogP contribution in [0.25, 0.3) is 16.6 Å². The molecule has 3 rings (SSSR count). The van der Waals surface area contributed by atoms with E-state index in [4.69, 9.17) is 16.7 Å². The molecule has 1 heterocycles. The van der Waals surface area contributed by atoms with Gasteiger partial charge in [-0.05, 0) is 30.3 Å². The second-order valence-electron chi connectivity index (χ2n) is 4.66. The molecule has 110 valence electrons. The van der Waals surface area contributed by atoms with Crippen LogP contribution in [-0.2, 0) is 4.79 Å². The van der Waals surface area contributed by atoms with Crippen LogP contribution >= 0.6 is 11.6 Å². The van der Waals surface area contributed by atoms with Crippen molar-refractivity contribution in [2.24, 2.45) is 0 Å². The lowest BCUT2D eigenvalue weighted by Gasteiger charge is -2.07. The second-order valence-corrected chi connectivity index (χ2v) is 5.10. The summed E-state index contributed by atoms with van der Waals surface area (Å²) in [6.07, 6.45) is 0.989. The van der Waals surface area contributed by atoms with Crippen LogP contribution < -0.4 is 0 Å².